The lowest BCUT2D eigenvalue weighted by molar-refractivity contribution is 0.629. The van der Waals surface area contributed by atoms with Crippen molar-refractivity contribution in [3.05, 3.63) is 53.8 Å². The van der Waals surface area contributed by atoms with E-state index < -0.39 is 0 Å². The topological polar surface area (TPSA) is 43.8 Å². The highest BCUT2D eigenvalue weighted by atomic mass is 19.1. The molecule has 0 saturated heterocycles. The van der Waals surface area contributed by atoms with Gasteiger partial charge in [-0.15, -0.1) is 0 Å². The molecule has 0 aliphatic carbocycles. The van der Waals surface area contributed by atoms with Crippen LogP contribution in [0.15, 0.2) is 42.5 Å². The van der Waals surface area contributed by atoms with Crippen molar-refractivity contribution in [3.8, 4) is 11.4 Å². The van der Waals surface area contributed by atoms with Crippen molar-refractivity contribution in [2.24, 2.45) is 5.73 Å². The number of hydrogen-bond acceptors (Lipinski definition) is 2. The molecular weight excluding hydrogens is 265 g/mol. The molecule has 1 heterocycles. The van der Waals surface area contributed by atoms with Gasteiger partial charge in [-0.2, -0.15) is 0 Å². The number of fused-ring (bicyclic) bond motifs is 1. The second-order valence-corrected chi connectivity index (χ2v) is 5.12. The summed E-state index contributed by atoms with van der Waals surface area (Å²) in [5.74, 6) is 0.620. The Labute approximate surface area is 123 Å². The Morgan fingerprint density at radius 1 is 1.14 bits per heavy atom. The molecule has 2 N–H and O–H groups in total. The number of halogens is 1. The zero-order valence-corrected chi connectivity index (χ0v) is 12.0. The van der Waals surface area contributed by atoms with E-state index in [9.17, 15) is 4.39 Å². The maximum Gasteiger partial charge on any atom is 0.141 e. The molecule has 21 heavy (non-hydrogen) atoms. The van der Waals surface area contributed by atoms with Crippen molar-refractivity contribution in [3.63, 3.8) is 0 Å². The van der Waals surface area contributed by atoms with Gasteiger partial charge in [0.05, 0.1) is 11.0 Å². The third-order valence-electron chi connectivity index (χ3n) is 3.61. The second kappa shape index (κ2) is 5.66. The number of hydrogen-bond donors (Lipinski definition) is 1. The number of nitrogens with two attached hydrogens (primary N) is 1. The Kier molecular flexibility index (Phi) is 3.71. The predicted octanol–water partition coefficient (Wildman–Crippen LogP) is 3.71. The number of aromatic nitrogens is 2. The molecule has 0 bridgehead atoms. The van der Waals surface area contributed by atoms with Crippen molar-refractivity contribution in [2.75, 3.05) is 0 Å². The van der Waals surface area contributed by atoms with E-state index >= 15 is 0 Å². The molecule has 0 radical (unpaired) electrons. The lowest BCUT2D eigenvalue weighted by Crippen LogP contribution is -2.00. The molecule has 3 aromatic rings. The highest BCUT2D eigenvalue weighted by molar-refractivity contribution is 5.80. The van der Waals surface area contributed by atoms with Crippen LogP contribution in [0, 0.1) is 5.82 Å². The molecule has 0 atom stereocenters. The molecule has 108 valence electrons. The number of aryl methyl sites for hydroxylation is 1. The molecule has 4 heteroatoms. The van der Waals surface area contributed by atoms with Crippen LogP contribution in [-0.4, -0.2) is 9.55 Å². The molecule has 0 fully saturated rings. The smallest absolute Gasteiger partial charge is 0.141 e. The zero-order chi connectivity index (χ0) is 14.8. The largest absolute Gasteiger partial charge is 0.326 e. The van der Waals surface area contributed by atoms with Gasteiger partial charge in [0.2, 0.25) is 0 Å². The molecule has 3 nitrogen and oxygen atoms in total. The first-order valence-electron chi connectivity index (χ1n) is 7.18. The SMILES string of the molecule is CCCn1c(-c2ccc(CN)cc2)nc2cc(F)ccc21. The fourth-order valence-electron chi connectivity index (χ4n) is 2.56. The Morgan fingerprint density at radius 2 is 1.90 bits per heavy atom. The van der Waals surface area contributed by atoms with Gasteiger partial charge in [-0.05, 0) is 24.1 Å². The van der Waals surface area contributed by atoms with Crippen LogP contribution in [0.25, 0.3) is 22.4 Å². The van der Waals surface area contributed by atoms with E-state index in [4.69, 9.17) is 5.73 Å². The van der Waals surface area contributed by atoms with E-state index in [-0.39, 0.29) is 5.82 Å². The summed E-state index contributed by atoms with van der Waals surface area (Å²) in [6.07, 6.45) is 0.997. The van der Waals surface area contributed by atoms with E-state index in [2.05, 4.69) is 16.5 Å². The van der Waals surface area contributed by atoms with Gasteiger partial charge in [0.15, 0.2) is 0 Å². The zero-order valence-electron chi connectivity index (χ0n) is 12.0. The van der Waals surface area contributed by atoms with Crippen LogP contribution in [0.5, 0.6) is 0 Å². The van der Waals surface area contributed by atoms with E-state index in [0.29, 0.717) is 12.1 Å². The van der Waals surface area contributed by atoms with Gasteiger partial charge in [-0.1, -0.05) is 31.2 Å². The summed E-state index contributed by atoms with van der Waals surface area (Å²) in [6, 6.07) is 12.8. The van der Waals surface area contributed by atoms with Gasteiger partial charge < -0.3 is 10.3 Å². The molecule has 1 aromatic heterocycles. The second-order valence-electron chi connectivity index (χ2n) is 5.12. The summed E-state index contributed by atoms with van der Waals surface area (Å²) in [4.78, 5) is 4.61. The van der Waals surface area contributed by atoms with E-state index in [0.717, 1.165) is 35.4 Å². The summed E-state index contributed by atoms with van der Waals surface area (Å²) in [5.41, 5.74) is 9.41. The first-order chi connectivity index (χ1) is 10.2. The highest BCUT2D eigenvalue weighted by Crippen LogP contribution is 2.26. The third kappa shape index (κ3) is 2.54. The molecule has 3 rings (SSSR count). The minimum Gasteiger partial charge on any atom is -0.326 e. The van der Waals surface area contributed by atoms with Gasteiger partial charge in [-0.25, -0.2) is 9.37 Å². The van der Waals surface area contributed by atoms with Crippen LogP contribution in [0.2, 0.25) is 0 Å². The van der Waals surface area contributed by atoms with Crippen LogP contribution < -0.4 is 5.73 Å². The van der Waals surface area contributed by atoms with Gasteiger partial charge >= 0.3 is 0 Å². The summed E-state index contributed by atoms with van der Waals surface area (Å²) < 4.78 is 15.5. The molecule has 0 amide bonds. The summed E-state index contributed by atoms with van der Waals surface area (Å²) in [6.45, 7) is 3.50. The monoisotopic (exact) mass is 283 g/mol. The van der Waals surface area contributed by atoms with Crippen molar-refractivity contribution in [1.82, 2.24) is 9.55 Å². The average molecular weight is 283 g/mol. The number of nitrogens with zero attached hydrogens (tertiary/aromatic N) is 2. The first kappa shape index (κ1) is 13.8. The standard InChI is InChI=1S/C17H18FN3/c1-2-9-21-16-8-7-14(18)10-15(16)20-17(21)13-5-3-12(11-19)4-6-13/h3-8,10H,2,9,11,19H2,1H3. The summed E-state index contributed by atoms with van der Waals surface area (Å²) in [5, 5.41) is 0. The fourth-order valence-corrected chi connectivity index (χ4v) is 2.56. The minimum absolute atomic E-state index is 0.256. The Balaban J connectivity index is 2.17. The number of rotatable bonds is 4. The lowest BCUT2D eigenvalue weighted by Gasteiger charge is -2.08. The fraction of sp³-hybridized carbons (Fsp3) is 0.235. The third-order valence-corrected chi connectivity index (χ3v) is 3.61. The normalized spacial score (nSPS) is 11.2. The van der Waals surface area contributed by atoms with Crippen LogP contribution >= 0.6 is 0 Å². The molecule has 0 aliphatic heterocycles. The molecule has 0 saturated carbocycles. The van der Waals surface area contributed by atoms with Gasteiger partial charge in [0, 0.05) is 24.7 Å². The quantitative estimate of drug-likeness (QED) is 0.793. The predicted molar refractivity (Wildman–Crippen MR) is 83.3 cm³/mol. The average Bonchev–Trinajstić information content (AvgIpc) is 2.85. The van der Waals surface area contributed by atoms with Gasteiger partial charge in [-0.3, -0.25) is 0 Å². The van der Waals surface area contributed by atoms with Crippen LogP contribution in [0.3, 0.4) is 0 Å². The number of imidazole rings is 1. The van der Waals surface area contributed by atoms with Crippen molar-refractivity contribution >= 4 is 11.0 Å². The summed E-state index contributed by atoms with van der Waals surface area (Å²) >= 11 is 0. The molecule has 2 aromatic carbocycles. The van der Waals surface area contributed by atoms with Crippen molar-refractivity contribution < 1.29 is 4.39 Å². The minimum atomic E-state index is -0.256. The van der Waals surface area contributed by atoms with Crippen LogP contribution in [0.4, 0.5) is 4.39 Å². The van der Waals surface area contributed by atoms with E-state index in [1.165, 1.54) is 12.1 Å². The van der Waals surface area contributed by atoms with Crippen LogP contribution in [0.1, 0.15) is 18.9 Å². The highest BCUT2D eigenvalue weighted by Gasteiger charge is 2.12. The van der Waals surface area contributed by atoms with Crippen LogP contribution in [-0.2, 0) is 13.1 Å². The number of benzene rings is 2. The lowest BCUT2D eigenvalue weighted by atomic mass is 10.1. The molecule has 0 spiro atoms. The Morgan fingerprint density at radius 3 is 2.57 bits per heavy atom. The van der Waals surface area contributed by atoms with Gasteiger partial charge in [0.1, 0.15) is 11.6 Å². The van der Waals surface area contributed by atoms with E-state index in [1.54, 1.807) is 6.07 Å². The molecule has 0 unspecified atom stereocenters. The van der Waals surface area contributed by atoms with E-state index in [1.807, 2.05) is 24.3 Å². The first-order valence-corrected chi connectivity index (χ1v) is 7.18. The Hall–Kier alpha value is -2.20. The van der Waals surface area contributed by atoms with Gasteiger partial charge in [0.25, 0.3) is 0 Å². The molecular formula is C17H18FN3. The van der Waals surface area contributed by atoms with Crippen molar-refractivity contribution in [2.45, 2.75) is 26.4 Å². The maximum atomic E-state index is 13.4. The maximum absolute atomic E-state index is 13.4. The van der Waals surface area contributed by atoms with Crippen molar-refractivity contribution in [1.29, 1.82) is 0 Å². The Bertz CT molecular complexity index is 760. The molecule has 0 aliphatic rings. The summed E-state index contributed by atoms with van der Waals surface area (Å²) in [7, 11) is 0.